The van der Waals surface area contributed by atoms with Crippen LogP contribution < -0.4 is 5.32 Å². The molecule has 146 valence electrons. The van der Waals surface area contributed by atoms with Crippen LogP contribution in [0.5, 0.6) is 0 Å². The van der Waals surface area contributed by atoms with E-state index in [1.165, 1.54) is 38.0 Å². The van der Waals surface area contributed by atoms with Crippen molar-refractivity contribution in [2.24, 2.45) is 0 Å². The summed E-state index contributed by atoms with van der Waals surface area (Å²) in [6, 6.07) is 11.9. The number of nitrogens with one attached hydrogen (secondary N) is 1. The Kier molecular flexibility index (Phi) is 7.59. The zero-order valence-corrected chi connectivity index (χ0v) is 18.2. The summed E-state index contributed by atoms with van der Waals surface area (Å²) in [5, 5.41) is 3.16. The zero-order valence-electron chi connectivity index (χ0n) is 15.1. The average molecular weight is 447 g/mol. The van der Waals surface area contributed by atoms with Crippen LogP contribution >= 0.6 is 35.0 Å². The van der Waals surface area contributed by atoms with Crippen LogP contribution in [0.2, 0.25) is 10.0 Å². The van der Waals surface area contributed by atoms with Gasteiger partial charge < -0.3 is 5.32 Å². The Morgan fingerprint density at radius 1 is 1.19 bits per heavy atom. The molecule has 2 rings (SSSR count). The number of nitrogens with zero attached hydrogens (tertiary/aromatic N) is 1. The molecule has 0 heterocycles. The van der Waals surface area contributed by atoms with E-state index in [4.69, 9.17) is 23.2 Å². The highest BCUT2D eigenvalue weighted by Gasteiger charge is 2.22. The SMILES string of the molecule is CC(SCc1cccc(Cl)c1)C(=O)Nc1ccc(Cl)c(S(=O)(=O)N(C)C)c1. The number of sulfonamides is 1. The summed E-state index contributed by atoms with van der Waals surface area (Å²) < 4.78 is 25.7. The van der Waals surface area contributed by atoms with Crippen molar-refractivity contribution in [3.63, 3.8) is 0 Å². The summed E-state index contributed by atoms with van der Waals surface area (Å²) in [5.74, 6) is 0.410. The summed E-state index contributed by atoms with van der Waals surface area (Å²) in [7, 11) is -0.860. The number of hydrogen-bond acceptors (Lipinski definition) is 4. The van der Waals surface area contributed by atoms with Crippen LogP contribution in [-0.2, 0) is 20.6 Å². The molecule has 1 N–H and O–H groups in total. The van der Waals surface area contributed by atoms with E-state index in [9.17, 15) is 13.2 Å². The van der Waals surface area contributed by atoms with Crippen molar-refractivity contribution in [3.05, 3.63) is 58.1 Å². The maximum absolute atomic E-state index is 12.4. The van der Waals surface area contributed by atoms with Gasteiger partial charge in [-0.15, -0.1) is 11.8 Å². The van der Waals surface area contributed by atoms with Gasteiger partial charge in [0.2, 0.25) is 15.9 Å². The van der Waals surface area contributed by atoms with Crippen LogP contribution in [-0.4, -0.2) is 38.0 Å². The summed E-state index contributed by atoms with van der Waals surface area (Å²) in [5.41, 5.74) is 1.40. The first-order valence-corrected chi connectivity index (χ1v) is 11.2. The number of halogens is 2. The lowest BCUT2D eigenvalue weighted by Gasteiger charge is -2.15. The summed E-state index contributed by atoms with van der Waals surface area (Å²) in [4.78, 5) is 12.4. The molecule has 9 heteroatoms. The van der Waals surface area contributed by atoms with Crippen molar-refractivity contribution in [1.82, 2.24) is 4.31 Å². The number of rotatable bonds is 7. The smallest absolute Gasteiger partial charge is 0.244 e. The Hall–Kier alpha value is -1.25. The monoisotopic (exact) mass is 446 g/mol. The number of thioether (sulfide) groups is 1. The highest BCUT2D eigenvalue weighted by Crippen LogP contribution is 2.27. The number of amides is 1. The van der Waals surface area contributed by atoms with Gasteiger partial charge in [0.1, 0.15) is 4.90 Å². The van der Waals surface area contributed by atoms with Gasteiger partial charge in [-0.05, 0) is 42.8 Å². The van der Waals surface area contributed by atoms with Crippen molar-refractivity contribution in [2.45, 2.75) is 22.8 Å². The van der Waals surface area contributed by atoms with Gasteiger partial charge >= 0.3 is 0 Å². The molecule has 0 fully saturated rings. The number of carbonyl (C=O) groups excluding carboxylic acids is 1. The van der Waals surface area contributed by atoms with E-state index in [0.29, 0.717) is 16.5 Å². The molecule has 1 atom stereocenters. The van der Waals surface area contributed by atoms with Gasteiger partial charge in [-0.3, -0.25) is 4.79 Å². The Labute approximate surface area is 174 Å². The van der Waals surface area contributed by atoms with Crippen LogP contribution in [0, 0.1) is 0 Å². The third-order valence-electron chi connectivity index (χ3n) is 3.72. The second-order valence-corrected chi connectivity index (χ2v) is 10.3. The van der Waals surface area contributed by atoms with Crippen molar-refractivity contribution < 1.29 is 13.2 Å². The number of hydrogen-bond donors (Lipinski definition) is 1. The molecular weight excluding hydrogens is 427 g/mol. The topological polar surface area (TPSA) is 66.5 Å². The first-order chi connectivity index (χ1) is 12.6. The fraction of sp³-hybridized carbons (Fsp3) is 0.278. The zero-order chi connectivity index (χ0) is 20.2. The van der Waals surface area contributed by atoms with Crippen molar-refractivity contribution in [2.75, 3.05) is 19.4 Å². The van der Waals surface area contributed by atoms with Crippen molar-refractivity contribution in [3.8, 4) is 0 Å². The summed E-state index contributed by atoms with van der Waals surface area (Å²) >= 11 is 13.4. The minimum absolute atomic E-state index is 0.0498. The molecule has 0 saturated carbocycles. The summed E-state index contributed by atoms with van der Waals surface area (Å²) in [6.07, 6.45) is 0. The van der Waals surface area contributed by atoms with Gasteiger partial charge in [0, 0.05) is 30.6 Å². The lowest BCUT2D eigenvalue weighted by molar-refractivity contribution is -0.115. The van der Waals surface area contributed by atoms with E-state index < -0.39 is 10.0 Å². The van der Waals surface area contributed by atoms with Gasteiger partial charge in [-0.1, -0.05) is 35.3 Å². The molecule has 0 saturated heterocycles. The van der Waals surface area contributed by atoms with Crippen LogP contribution in [0.25, 0.3) is 0 Å². The van der Waals surface area contributed by atoms with E-state index >= 15 is 0 Å². The van der Waals surface area contributed by atoms with Crippen molar-refractivity contribution in [1.29, 1.82) is 0 Å². The molecular formula is C18H20Cl2N2O3S2. The molecule has 0 spiro atoms. The molecule has 1 amide bonds. The van der Waals surface area contributed by atoms with Crippen molar-refractivity contribution >= 4 is 56.6 Å². The first-order valence-electron chi connectivity index (χ1n) is 8.00. The van der Waals surface area contributed by atoms with E-state index in [1.54, 1.807) is 19.1 Å². The Bertz CT molecular complexity index is 934. The van der Waals surface area contributed by atoms with Gasteiger partial charge in [0.25, 0.3) is 0 Å². The molecule has 0 aliphatic heterocycles. The molecule has 2 aromatic carbocycles. The van der Waals surface area contributed by atoms with Gasteiger partial charge in [-0.25, -0.2) is 12.7 Å². The van der Waals surface area contributed by atoms with E-state index in [2.05, 4.69) is 5.32 Å². The third kappa shape index (κ3) is 5.86. The van der Waals surface area contributed by atoms with Crippen LogP contribution in [0.15, 0.2) is 47.4 Å². The molecule has 0 aliphatic carbocycles. The van der Waals surface area contributed by atoms with E-state index in [1.807, 2.05) is 18.2 Å². The highest BCUT2D eigenvalue weighted by molar-refractivity contribution is 7.99. The van der Waals surface area contributed by atoms with Gasteiger partial charge in [0.15, 0.2) is 0 Å². The second-order valence-electron chi connectivity index (χ2n) is 6.01. The Morgan fingerprint density at radius 3 is 2.52 bits per heavy atom. The second kappa shape index (κ2) is 9.30. The minimum Gasteiger partial charge on any atom is -0.325 e. The fourth-order valence-electron chi connectivity index (χ4n) is 2.14. The van der Waals surface area contributed by atoms with Crippen LogP contribution in [0.3, 0.4) is 0 Å². The minimum atomic E-state index is -3.70. The Morgan fingerprint density at radius 2 is 1.89 bits per heavy atom. The highest BCUT2D eigenvalue weighted by atomic mass is 35.5. The van der Waals surface area contributed by atoms with Crippen LogP contribution in [0.4, 0.5) is 5.69 Å². The number of benzene rings is 2. The van der Waals surface area contributed by atoms with Gasteiger partial charge in [-0.2, -0.15) is 0 Å². The molecule has 1 unspecified atom stereocenters. The molecule has 0 bridgehead atoms. The maximum atomic E-state index is 12.4. The average Bonchev–Trinajstić information content (AvgIpc) is 2.61. The van der Waals surface area contributed by atoms with E-state index in [-0.39, 0.29) is 21.1 Å². The molecule has 0 aliphatic rings. The predicted octanol–water partition coefficient (Wildman–Crippen LogP) is 4.50. The van der Waals surface area contributed by atoms with Crippen LogP contribution in [0.1, 0.15) is 12.5 Å². The fourth-order valence-corrected chi connectivity index (χ4v) is 4.58. The normalized spacial score (nSPS) is 12.8. The third-order valence-corrected chi connectivity index (χ3v) is 7.46. The number of anilines is 1. The molecule has 2 aromatic rings. The number of carbonyl (C=O) groups is 1. The quantitative estimate of drug-likeness (QED) is 0.679. The van der Waals surface area contributed by atoms with E-state index in [0.717, 1.165) is 9.87 Å². The standard InChI is InChI=1S/C18H20Cl2N2O3S2/c1-12(26-11-13-5-4-6-14(19)9-13)18(23)21-15-7-8-16(20)17(10-15)27(24,25)22(2)3/h4-10,12H,11H2,1-3H3,(H,21,23). The lowest BCUT2D eigenvalue weighted by atomic mass is 10.2. The largest absolute Gasteiger partial charge is 0.325 e. The molecule has 5 nitrogen and oxygen atoms in total. The lowest BCUT2D eigenvalue weighted by Crippen LogP contribution is -2.24. The molecule has 27 heavy (non-hydrogen) atoms. The summed E-state index contributed by atoms with van der Waals surface area (Å²) in [6.45, 7) is 1.79. The maximum Gasteiger partial charge on any atom is 0.244 e. The Balaban J connectivity index is 2.06. The predicted molar refractivity (Wildman–Crippen MR) is 113 cm³/mol. The van der Waals surface area contributed by atoms with Gasteiger partial charge in [0.05, 0.1) is 10.3 Å². The molecule has 0 radical (unpaired) electrons. The molecule has 0 aromatic heterocycles. The first kappa shape index (κ1) is 22.0.